The number of aryl methyl sites for hydroxylation is 1. The second-order valence-corrected chi connectivity index (χ2v) is 5.05. The summed E-state index contributed by atoms with van der Waals surface area (Å²) in [5.74, 6) is 1.11. The van der Waals surface area contributed by atoms with E-state index >= 15 is 0 Å². The Balaban J connectivity index is 1.58. The largest absolute Gasteiger partial charge is 0.358 e. The predicted octanol–water partition coefficient (Wildman–Crippen LogP) is 0.0850. The smallest absolute Gasteiger partial charge is 0.152 e. The molecule has 102 valence electrons. The highest BCUT2D eigenvalue weighted by molar-refractivity contribution is 5.99. The average Bonchev–Trinajstić information content (AvgIpc) is 3.01. The maximum Gasteiger partial charge on any atom is 0.152 e. The Morgan fingerprint density at radius 2 is 2.21 bits per heavy atom. The summed E-state index contributed by atoms with van der Waals surface area (Å²) in [6.07, 6.45) is 6.03. The molecule has 0 aromatic carbocycles. The summed E-state index contributed by atoms with van der Waals surface area (Å²) >= 11 is 0. The van der Waals surface area contributed by atoms with Crippen molar-refractivity contribution >= 4 is 5.84 Å². The van der Waals surface area contributed by atoms with Crippen LogP contribution in [-0.4, -0.2) is 69.9 Å². The molecule has 0 fully saturated rings. The van der Waals surface area contributed by atoms with Gasteiger partial charge < -0.3 is 14.7 Å². The van der Waals surface area contributed by atoms with Gasteiger partial charge in [0.1, 0.15) is 6.67 Å². The fraction of sp³-hybridized carbons (Fsp3) is 0.583. The van der Waals surface area contributed by atoms with E-state index in [1.807, 2.05) is 0 Å². The molecule has 0 aliphatic carbocycles. The lowest BCUT2D eigenvalue weighted by atomic mass is 10.2. The molecule has 3 rings (SSSR count). The van der Waals surface area contributed by atoms with Crippen LogP contribution in [0.5, 0.6) is 0 Å². The zero-order chi connectivity index (χ0) is 13.2. The third kappa shape index (κ3) is 2.40. The highest BCUT2D eigenvalue weighted by Gasteiger charge is 2.27. The number of hydrogen-bond acceptors (Lipinski definition) is 6. The van der Waals surface area contributed by atoms with Crippen LogP contribution in [-0.2, 0) is 6.42 Å². The average molecular weight is 261 g/mol. The van der Waals surface area contributed by atoms with Crippen LogP contribution in [0, 0.1) is 0 Å². The quantitative estimate of drug-likeness (QED) is 0.832. The molecule has 0 spiro atoms. The van der Waals surface area contributed by atoms with Gasteiger partial charge in [-0.1, -0.05) is 0 Å². The van der Waals surface area contributed by atoms with Gasteiger partial charge in [-0.25, -0.2) is 4.99 Å². The van der Waals surface area contributed by atoms with Crippen molar-refractivity contribution in [1.82, 2.24) is 30.1 Å². The number of nitrogens with one attached hydrogen (secondary N) is 1. The lowest BCUT2D eigenvalue weighted by Gasteiger charge is -2.34. The molecule has 2 aliphatic rings. The standard InChI is InChI=1S/C12H19N7/c1-17-8-13-12-11(17)7-19(9-18(12)2)5-3-4-10-6-14-16-15-10/h6-7H,3-5,8-9H2,1-2H3,(H,14,15,16). The number of likely N-dealkylation sites (N-methyl/N-ethyl adjacent to an activating group) is 2. The topological polar surface area (TPSA) is 63.6 Å². The third-order valence-electron chi connectivity index (χ3n) is 3.48. The normalized spacial score (nSPS) is 18.5. The molecule has 1 aromatic rings. The van der Waals surface area contributed by atoms with E-state index in [0.29, 0.717) is 0 Å². The van der Waals surface area contributed by atoms with Crippen molar-refractivity contribution < 1.29 is 0 Å². The minimum Gasteiger partial charge on any atom is -0.358 e. The first kappa shape index (κ1) is 12.0. The number of aliphatic imine (C=N–C) groups is 1. The SMILES string of the molecule is CN1CN=C2C1=CN(CCCc1cn[nH]n1)CN2C. The monoisotopic (exact) mass is 261 g/mol. The van der Waals surface area contributed by atoms with Gasteiger partial charge in [0, 0.05) is 26.8 Å². The van der Waals surface area contributed by atoms with Gasteiger partial charge in [0.15, 0.2) is 5.84 Å². The first-order valence-corrected chi connectivity index (χ1v) is 6.51. The Labute approximate surface area is 112 Å². The molecule has 1 aromatic heterocycles. The molecule has 1 N–H and O–H groups in total. The summed E-state index contributed by atoms with van der Waals surface area (Å²) in [5, 5.41) is 10.5. The lowest BCUT2D eigenvalue weighted by molar-refractivity contribution is 0.252. The van der Waals surface area contributed by atoms with Crippen molar-refractivity contribution in [3.63, 3.8) is 0 Å². The van der Waals surface area contributed by atoms with E-state index < -0.39 is 0 Å². The minimum absolute atomic E-state index is 0.762. The number of aromatic nitrogens is 3. The van der Waals surface area contributed by atoms with Crippen molar-refractivity contribution in [1.29, 1.82) is 0 Å². The van der Waals surface area contributed by atoms with Crippen LogP contribution >= 0.6 is 0 Å². The van der Waals surface area contributed by atoms with E-state index in [1.54, 1.807) is 6.20 Å². The first-order chi connectivity index (χ1) is 9.24. The molecule has 0 saturated carbocycles. The second kappa shape index (κ2) is 4.91. The molecule has 0 unspecified atom stereocenters. The molecule has 0 radical (unpaired) electrons. The fourth-order valence-electron chi connectivity index (χ4n) is 2.47. The molecule has 7 heteroatoms. The minimum atomic E-state index is 0.762. The van der Waals surface area contributed by atoms with Gasteiger partial charge in [0.05, 0.1) is 24.3 Å². The number of fused-ring (bicyclic) bond motifs is 1. The van der Waals surface area contributed by atoms with Gasteiger partial charge in [-0.05, 0) is 12.8 Å². The van der Waals surface area contributed by atoms with Crippen LogP contribution in [0.3, 0.4) is 0 Å². The number of rotatable bonds is 4. The van der Waals surface area contributed by atoms with Gasteiger partial charge in [-0.15, -0.1) is 0 Å². The third-order valence-corrected chi connectivity index (χ3v) is 3.48. The number of hydrogen-bond donors (Lipinski definition) is 1. The predicted molar refractivity (Wildman–Crippen MR) is 72.2 cm³/mol. The zero-order valence-electron chi connectivity index (χ0n) is 11.4. The summed E-state index contributed by atoms with van der Waals surface area (Å²) in [6, 6.07) is 0. The van der Waals surface area contributed by atoms with E-state index in [0.717, 1.165) is 44.3 Å². The van der Waals surface area contributed by atoms with Gasteiger partial charge in [-0.2, -0.15) is 15.4 Å². The molecule has 0 amide bonds. The van der Waals surface area contributed by atoms with Crippen molar-refractivity contribution in [2.75, 3.05) is 34.0 Å². The van der Waals surface area contributed by atoms with E-state index in [-0.39, 0.29) is 0 Å². The summed E-state index contributed by atoms with van der Waals surface area (Å²) in [7, 11) is 4.17. The molecule has 0 saturated heterocycles. The zero-order valence-corrected chi connectivity index (χ0v) is 11.4. The fourth-order valence-corrected chi connectivity index (χ4v) is 2.47. The Kier molecular flexibility index (Phi) is 3.10. The Morgan fingerprint density at radius 3 is 3.00 bits per heavy atom. The van der Waals surface area contributed by atoms with E-state index in [4.69, 9.17) is 0 Å². The van der Waals surface area contributed by atoms with Crippen LogP contribution in [0.15, 0.2) is 23.1 Å². The van der Waals surface area contributed by atoms with E-state index in [2.05, 4.69) is 55.4 Å². The molecule has 0 atom stereocenters. The number of amidine groups is 1. The summed E-state index contributed by atoms with van der Waals surface area (Å²) in [5.41, 5.74) is 2.24. The molecule has 7 nitrogen and oxygen atoms in total. The molecule has 3 heterocycles. The maximum absolute atomic E-state index is 4.53. The first-order valence-electron chi connectivity index (χ1n) is 6.51. The van der Waals surface area contributed by atoms with Crippen molar-refractivity contribution in [2.24, 2.45) is 4.99 Å². The lowest BCUT2D eigenvalue weighted by Crippen LogP contribution is -2.43. The highest BCUT2D eigenvalue weighted by Crippen LogP contribution is 2.20. The molecule has 19 heavy (non-hydrogen) atoms. The van der Waals surface area contributed by atoms with E-state index in [1.165, 1.54) is 5.70 Å². The van der Waals surface area contributed by atoms with Crippen molar-refractivity contribution in [3.05, 3.63) is 23.8 Å². The summed E-state index contributed by atoms with van der Waals surface area (Å²) < 4.78 is 0. The molecular weight excluding hydrogens is 242 g/mol. The summed E-state index contributed by atoms with van der Waals surface area (Å²) in [4.78, 5) is 11.2. The molecule has 0 bridgehead atoms. The second-order valence-electron chi connectivity index (χ2n) is 5.05. The Bertz CT molecular complexity index is 490. The van der Waals surface area contributed by atoms with Crippen LogP contribution < -0.4 is 0 Å². The van der Waals surface area contributed by atoms with E-state index in [9.17, 15) is 0 Å². The van der Waals surface area contributed by atoms with Crippen LogP contribution in [0.4, 0.5) is 0 Å². The Hall–Kier alpha value is -2.05. The van der Waals surface area contributed by atoms with Gasteiger partial charge in [-0.3, -0.25) is 0 Å². The van der Waals surface area contributed by atoms with Crippen molar-refractivity contribution in [2.45, 2.75) is 12.8 Å². The number of H-pyrrole nitrogens is 1. The van der Waals surface area contributed by atoms with Crippen LogP contribution in [0.2, 0.25) is 0 Å². The number of aromatic amines is 1. The van der Waals surface area contributed by atoms with Gasteiger partial charge in [0.25, 0.3) is 0 Å². The molecular formula is C12H19N7. The van der Waals surface area contributed by atoms with Gasteiger partial charge in [0.2, 0.25) is 0 Å². The van der Waals surface area contributed by atoms with Crippen molar-refractivity contribution in [3.8, 4) is 0 Å². The van der Waals surface area contributed by atoms with Gasteiger partial charge >= 0.3 is 0 Å². The summed E-state index contributed by atoms with van der Waals surface area (Å²) in [6.45, 7) is 2.68. The van der Waals surface area contributed by atoms with Crippen LogP contribution in [0.25, 0.3) is 0 Å². The highest BCUT2D eigenvalue weighted by atomic mass is 15.4. The van der Waals surface area contributed by atoms with Crippen LogP contribution in [0.1, 0.15) is 12.1 Å². The maximum atomic E-state index is 4.53. The molecule has 2 aliphatic heterocycles. The number of nitrogens with zero attached hydrogens (tertiary/aromatic N) is 6. The Morgan fingerprint density at radius 1 is 1.32 bits per heavy atom.